The first-order valence-corrected chi connectivity index (χ1v) is 8.12. The molecule has 7 nitrogen and oxygen atoms in total. The molecule has 24 heavy (non-hydrogen) atoms. The van der Waals surface area contributed by atoms with Crippen molar-refractivity contribution < 1.29 is 14.4 Å². The average Bonchev–Trinajstić information content (AvgIpc) is 2.57. The number of hydrogen-bond donors (Lipinski definition) is 1. The zero-order valence-electron chi connectivity index (χ0n) is 14.0. The molecule has 2 heterocycles. The topological polar surface area (TPSA) is 87.0 Å². The summed E-state index contributed by atoms with van der Waals surface area (Å²) in [6, 6.07) is 5.07. The number of piperidine rings is 1. The first-order valence-electron chi connectivity index (χ1n) is 8.12. The van der Waals surface area contributed by atoms with E-state index < -0.39 is 5.91 Å². The number of hydrogen-bond acceptors (Lipinski definition) is 4. The molecule has 0 spiro atoms. The van der Waals surface area contributed by atoms with Crippen LogP contribution in [-0.4, -0.2) is 55.8 Å². The molecule has 1 unspecified atom stereocenters. The van der Waals surface area contributed by atoms with Crippen molar-refractivity contribution in [3.05, 3.63) is 23.8 Å². The Morgan fingerprint density at radius 2 is 2.00 bits per heavy atom. The smallest absolute Gasteiger partial charge is 0.253 e. The predicted molar refractivity (Wildman–Crippen MR) is 91.0 cm³/mol. The summed E-state index contributed by atoms with van der Waals surface area (Å²) < 4.78 is 0. The van der Waals surface area contributed by atoms with Gasteiger partial charge in [-0.25, -0.2) is 0 Å². The number of benzene rings is 1. The highest BCUT2D eigenvalue weighted by molar-refractivity contribution is 6.09. The van der Waals surface area contributed by atoms with Crippen LogP contribution in [0.3, 0.4) is 0 Å². The second kappa shape index (κ2) is 6.14. The van der Waals surface area contributed by atoms with Gasteiger partial charge in [0, 0.05) is 26.2 Å². The van der Waals surface area contributed by atoms with Crippen LogP contribution in [0, 0.1) is 0 Å². The van der Waals surface area contributed by atoms with Crippen LogP contribution in [0.1, 0.15) is 29.6 Å². The highest BCUT2D eigenvalue weighted by atomic mass is 16.2. The number of carbonyl (C=O) groups excluding carboxylic acids is 3. The standard InChI is InChI=1S/C17H22N4O3/c1-19(2)16(23)11-6-7-12-14(9-11)21(10-15(18)22)17(24)13-5-3-4-8-20(12)13/h6-7,9,13H,3-5,8,10H2,1-2H3,(H2,18,22). The summed E-state index contributed by atoms with van der Waals surface area (Å²) in [6.07, 6.45) is 2.78. The molecule has 128 valence electrons. The summed E-state index contributed by atoms with van der Waals surface area (Å²) in [5, 5.41) is 0. The largest absolute Gasteiger partial charge is 0.368 e. The molecule has 7 heteroatoms. The van der Waals surface area contributed by atoms with Gasteiger partial charge in [0.05, 0.1) is 11.4 Å². The molecule has 2 aliphatic rings. The molecule has 3 rings (SSSR count). The van der Waals surface area contributed by atoms with E-state index in [-0.39, 0.29) is 24.4 Å². The predicted octanol–water partition coefficient (Wildman–Crippen LogP) is 0.579. The highest BCUT2D eigenvalue weighted by Crippen LogP contribution is 2.39. The lowest BCUT2D eigenvalue weighted by molar-refractivity contribution is -0.123. The van der Waals surface area contributed by atoms with Crippen LogP contribution < -0.4 is 15.5 Å². The second-order valence-corrected chi connectivity index (χ2v) is 6.50. The van der Waals surface area contributed by atoms with Gasteiger partial charge in [0.2, 0.25) is 11.8 Å². The maximum atomic E-state index is 12.9. The van der Waals surface area contributed by atoms with Crippen molar-refractivity contribution in [2.24, 2.45) is 5.73 Å². The molecule has 2 aliphatic heterocycles. The molecule has 0 saturated carbocycles. The molecule has 0 bridgehead atoms. The Bertz CT molecular complexity index is 701. The first-order chi connectivity index (χ1) is 11.4. The lowest BCUT2D eigenvalue weighted by atomic mass is 9.95. The van der Waals surface area contributed by atoms with Gasteiger partial charge in [-0.1, -0.05) is 0 Å². The number of nitrogens with two attached hydrogens (primary N) is 1. The van der Waals surface area contributed by atoms with E-state index in [1.807, 2.05) is 6.07 Å². The van der Waals surface area contributed by atoms with Crippen molar-refractivity contribution in [1.82, 2.24) is 4.90 Å². The molecule has 1 fully saturated rings. The van der Waals surface area contributed by atoms with Crippen molar-refractivity contribution in [3.8, 4) is 0 Å². The molecule has 1 aromatic rings. The molecule has 3 amide bonds. The van der Waals surface area contributed by atoms with Crippen molar-refractivity contribution in [1.29, 1.82) is 0 Å². The Kier molecular flexibility index (Phi) is 4.17. The van der Waals surface area contributed by atoms with Gasteiger partial charge >= 0.3 is 0 Å². The number of fused-ring (bicyclic) bond motifs is 3. The fourth-order valence-corrected chi connectivity index (χ4v) is 3.47. The van der Waals surface area contributed by atoms with Crippen LogP contribution in [-0.2, 0) is 9.59 Å². The molecular weight excluding hydrogens is 308 g/mol. The van der Waals surface area contributed by atoms with Crippen LogP contribution in [0.5, 0.6) is 0 Å². The minimum Gasteiger partial charge on any atom is -0.368 e. The average molecular weight is 330 g/mol. The normalized spacial score (nSPS) is 19.6. The van der Waals surface area contributed by atoms with Crippen LogP contribution in [0.4, 0.5) is 11.4 Å². The zero-order chi connectivity index (χ0) is 17.4. The fraction of sp³-hybridized carbons (Fsp3) is 0.471. The third-order valence-electron chi connectivity index (χ3n) is 4.60. The molecule has 0 aromatic heterocycles. The number of primary amides is 1. The van der Waals surface area contributed by atoms with E-state index in [9.17, 15) is 14.4 Å². The van der Waals surface area contributed by atoms with E-state index in [4.69, 9.17) is 5.73 Å². The third kappa shape index (κ3) is 2.70. The number of rotatable bonds is 3. The van der Waals surface area contributed by atoms with E-state index >= 15 is 0 Å². The minimum atomic E-state index is -0.567. The van der Waals surface area contributed by atoms with E-state index in [1.165, 1.54) is 9.80 Å². The summed E-state index contributed by atoms with van der Waals surface area (Å²) in [7, 11) is 3.35. The van der Waals surface area contributed by atoms with Gasteiger partial charge in [0.1, 0.15) is 12.6 Å². The highest BCUT2D eigenvalue weighted by Gasteiger charge is 2.40. The van der Waals surface area contributed by atoms with Crippen molar-refractivity contribution in [2.75, 3.05) is 37.0 Å². The lowest BCUT2D eigenvalue weighted by Gasteiger charge is -2.45. The summed E-state index contributed by atoms with van der Waals surface area (Å²) in [5.74, 6) is -0.830. The van der Waals surface area contributed by atoms with Crippen LogP contribution in [0.15, 0.2) is 18.2 Å². The second-order valence-electron chi connectivity index (χ2n) is 6.50. The Labute approximate surface area is 141 Å². The third-order valence-corrected chi connectivity index (χ3v) is 4.60. The van der Waals surface area contributed by atoms with Gasteiger partial charge < -0.3 is 15.5 Å². The van der Waals surface area contributed by atoms with Gasteiger partial charge in [0.15, 0.2) is 0 Å². The zero-order valence-corrected chi connectivity index (χ0v) is 14.0. The SMILES string of the molecule is CN(C)C(=O)c1ccc2c(c1)N(CC(N)=O)C(=O)C1CCCCN21. The number of amides is 3. The van der Waals surface area contributed by atoms with Gasteiger partial charge in [0.25, 0.3) is 5.91 Å². The van der Waals surface area contributed by atoms with Crippen molar-refractivity contribution >= 4 is 29.1 Å². The molecule has 1 saturated heterocycles. The Hall–Kier alpha value is -2.57. The minimum absolute atomic E-state index is 0.115. The van der Waals surface area contributed by atoms with Crippen LogP contribution in [0.25, 0.3) is 0 Å². The number of carbonyl (C=O) groups is 3. The van der Waals surface area contributed by atoms with Gasteiger partial charge in [-0.05, 0) is 37.5 Å². The molecule has 0 radical (unpaired) electrons. The maximum absolute atomic E-state index is 12.9. The summed E-state index contributed by atoms with van der Waals surface area (Å²) in [4.78, 5) is 41.5. The summed E-state index contributed by atoms with van der Waals surface area (Å²) in [5.41, 5.74) is 7.29. The molecule has 0 aliphatic carbocycles. The van der Waals surface area contributed by atoms with E-state index in [2.05, 4.69) is 4.90 Å². The summed E-state index contributed by atoms with van der Waals surface area (Å²) >= 11 is 0. The monoisotopic (exact) mass is 330 g/mol. The van der Waals surface area contributed by atoms with Gasteiger partial charge in [-0.3, -0.25) is 19.3 Å². The fourth-order valence-electron chi connectivity index (χ4n) is 3.47. The van der Waals surface area contributed by atoms with Crippen molar-refractivity contribution in [2.45, 2.75) is 25.3 Å². The van der Waals surface area contributed by atoms with Crippen LogP contribution >= 0.6 is 0 Å². The molecular formula is C17H22N4O3. The first kappa shape index (κ1) is 16.3. The summed E-state index contributed by atoms with van der Waals surface area (Å²) in [6.45, 7) is 0.630. The molecule has 2 N–H and O–H groups in total. The van der Waals surface area contributed by atoms with Crippen LogP contribution in [0.2, 0.25) is 0 Å². The maximum Gasteiger partial charge on any atom is 0.253 e. The van der Waals surface area contributed by atoms with Crippen molar-refractivity contribution in [3.63, 3.8) is 0 Å². The number of nitrogens with zero attached hydrogens (tertiary/aromatic N) is 3. The van der Waals surface area contributed by atoms with Gasteiger partial charge in [-0.2, -0.15) is 0 Å². The molecule has 1 aromatic carbocycles. The lowest BCUT2D eigenvalue weighted by Crippen LogP contribution is -2.56. The van der Waals surface area contributed by atoms with E-state index in [1.54, 1.807) is 26.2 Å². The Balaban J connectivity index is 2.09. The molecule has 1 atom stereocenters. The number of anilines is 2. The van der Waals surface area contributed by atoms with Gasteiger partial charge in [-0.15, -0.1) is 0 Å². The van der Waals surface area contributed by atoms with E-state index in [0.29, 0.717) is 11.3 Å². The Morgan fingerprint density at radius 3 is 2.67 bits per heavy atom. The quantitative estimate of drug-likeness (QED) is 0.878. The Morgan fingerprint density at radius 1 is 1.25 bits per heavy atom. The van der Waals surface area contributed by atoms with E-state index in [0.717, 1.165) is 31.5 Å².